The third-order valence-electron chi connectivity index (χ3n) is 3.30. The molecule has 1 aliphatic heterocycles. The number of alkyl halides is 1. The third kappa shape index (κ3) is 6.71. The Kier molecular flexibility index (Phi) is 7.80. The molecule has 2 heterocycles. The van der Waals surface area contributed by atoms with Crippen molar-refractivity contribution in [3.63, 3.8) is 0 Å². The quantitative estimate of drug-likeness (QED) is 0.212. The normalized spacial score (nSPS) is 28.8. The zero-order chi connectivity index (χ0) is 23.1. The molecule has 0 aromatic carbocycles. The van der Waals surface area contributed by atoms with Crippen LogP contribution in [0.4, 0.5) is 4.39 Å². The smallest absolute Gasteiger partial charge is 0.385 e. The minimum atomic E-state index is -5.77. The van der Waals surface area contributed by atoms with Gasteiger partial charge in [-0.25, -0.2) is 22.9 Å². The van der Waals surface area contributed by atoms with Gasteiger partial charge in [0.25, 0.3) is 5.56 Å². The zero-order valence-corrected chi connectivity index (χ0v) is 18.3. The molecule has 1 fully saturated rings. The molecule has 1 aromatic heterocycles. The molecule has 1 aliphatic rings. The van der Waals surface area contributed by atoms with Crippen LogP contribution in [0.15, 0.2) is 20.3 Å². The second-order valence-electron chi connectivity index (χ2n) is 5.53. The first kappa shape index (κ1) is 25.7. The lowest BCUT2D eigenvalue weighted by Crippen LogP contribution is -2.37. The molecule has 0 saturated carbocycles. The van der Waals surface area contributed by atoms with Crippen LogP contribution in [0.5, 0.6) is 0 Å². The van der Waals surface area contributed by atoms with E-state index < -0.39 is 65.9 Å². The van der Waals surface area contributed by atoms with E-state index in [-0.39, 0.29) is 4.47 Å². The molecule has 6 N–H and O–H groups in total. The third-order valence-corrected chi connectivity index (χ3v) is 7.67. The van der Waals surface area contributed by atoms with Gasteiger partial charge in [0.1, 0.15) is 12.2 Å². The summed E-state index contributed by atoms with van der Waals surface area (Å²) in [4.78, 5) is 60.3. The van der Waals surface area contributed by atoms with E-state index in [1.807, 2.05) is 4.98 Å². The van der Waals surface area contributed by atoms with Crippen molar-refractivity contribution in [2.75, 3.05) is 6.61 Å². The number of aromatic amines is 1. The Hall–Kier alpha value is -0.580. The molecule has 21 heteroatoms. The molecule has 172 valence electrons. The average Bonchev–Trinajstić information content (AvgIpc) is 2.81. The lowest BCUT2D eigenvalue weighted by atomic mass is 10.1. The van der Waals surface area contributed by atoms with Crippen molar-refractivity contribution in [1.82, 2.24) is 9.55 Å². The SMILES string of the molecule is O=c1[nH]c(=O)n([C@H]2O[C@@H](COP(=O)(O)OP(=O)(O)OP(=O)(O)O)[C@H](F)[C@@H]2O)cc1Br. The number of hydrogen-bond donors (Lipinski definition) is 6. The van der Waals surface area contributed by atoms with Gasteiger partial charge in [-0.3, -0.25) is 18.9 Å². The number of rotatable bonds is 8. The fourth-order valence-corrected chi connectivity index (χ4v) is 5.54. The number of halogens is 2. The van der Waals surface area contributed by atoms with E-state index >= 15 is 0 Å². The monoisotopic (exact) mass is 564 g/mol. The molecule has 1 aromatic rings. The highest BCUT2D eigenvalue weighted by Crippen LogP contribution is 2.66. The van der Waals surface area contributed by atoms with Crippen molar-refractivity contribution in [3.8, 4) is 0 Å². The molecule has 16 nitrogen and oxygen atoms in total. The molecule has 0 bridgehead atoms. The molecule has 6 atom stereocenters. The van der Waals surface area contributed by atoms with Gasteiger partial charge < -0.3 is 29.4 Å². The highest BCUT2D eigenvalue weighted by atomic mass is 79.9. The molecular weight excluding hydrogens is 552 g/mol. The molecule has 0 aliphatic carbocycles. The van der Waals surface area contributed by atoms with Crippen LogP contribution in [0.3, 0.4) is 0 Å². The largest absolute Gasteiger partial charge is 0.490 e. The summed E-state index contributed by atoms with van der Waals surface area (Å²) in [5.41, 5.74) is -1.89. The van der Waals surface area contributed by atoms with E-state index in [0.29, 0.717) is 4.57 Å². The van der Waals surface area contributed by atoms with Crippen LogP contribution in [0.1, 0.15) is 6.23 Å². The number of phosphoric acid groups is 3. The Bertz CT molecular complexity index is 1050. The summed E-state index contributed by atoms with van der Waals surface area (Å²) in [7, 11) is -16.9. The standard InChI is InChI=1S/C9H13BrFN2O14P3/c10-3-1-13(9(16)12-7(3)15)8-6(14)5(11)4(25-8)2-24-29(20,21)27-30(22,23)26-28(17,18)19/h1,4-6,8,14H,2H2,(H,20,21)(H,22,23)(H,12,15,16)(H2,17,18,19)/t4-,5-,6-,8-/m0/s1. The molecule has 0 radical (unpaired) electrons. The molecule has 0 spiro atoms. The minimum absolute atomic E-state index is 0.162. The summed E-state index contributed by atoms with van der Waals surface area (Å²) in [6.45, 7) is -1.18. The van der Waals surface area contributed by atoms with E-state index in [9.17, 15) is 37.7 Å². The van der Waals surface area contributed by atoms with Crippen molar-refractivity contribution in [2.45, 2.75) is 24.6 Å². The van der Waals surface area contributed by atoms with E-state index in [2.05, 4.69) is 29.1 Å². The number of aliphatic hydroxyl groups excluding tert-OH is 1. The molecular formula is C9H13BrFN2O14P3. The molecule has 2 unspecified atom stereocenters. The van der Waals surface area contributed by atoms with Gasteiger partial charge in [-0.05, 0) is 15.9 Å². The minimum Gasteiger partial charge on any atom is -0.385 e. The van der Waals surface area contributed by atoms with Crippen molar-refractivity contribution in [3.05, 3.63) is 31.5 Å². The maximum atomic E-state index is 14.3. The van der Waals surface area contributed by atoms with E-state index in [4.69, 9.17) is 19.4 Å². The number of nitrogens with zero attached hydrogens (tertiary/aromatic N) is 1. The van der Waals surface area contributed by atoms with Crippen molar-refractivity contribution < 1.29 is 60.6 Å². The number of aliphatic hydroxyl groups is 1. The summed E-state index contributed by atoms with van der Waals surface area (Å²) < 4.78 is 64.4. The molecule has 30 heavy (non-hydrogen) atoms. The van der Waals surface area contributed by atoms with Gasteiger partial charge in [0, 0.05) is 6.20 Å². The maximum absolute atomic E-state index is 14.3. The van der Waals surface area contributed by atoms with Crippen LogP contribution in [0.25, 0.3) is 0 Å². The Labute approximate surface area is 172 Å². The van der Waals surface area contributed by atoms with E-state index in [0.717, 1.165) is 6.20 Å². The van der Waals surface area contributed by atoms with Crippen LogP contribution < -0.4 is 11.2 Å². The van der Waals surface area contributed by atoms with Gasteiger partial charge in [0.15, 0.2) is 12.4 Å². The predicted octanol–water partition coefficient (Wildman–Crippen LogP) is -0.761. The van der Waals surface area contributed by atoms with Crippen LogP contribution in [-0.4, -0.2) is 59.2 Å². The Balaban J connectivity index is 2.09. The second kappa shape index (κ2) is 9.11. The van der Waals surface area contributed by atoms with E-state index in [1.54, 1.807) is 0 Å². The lowest BCUT2D eigenvalue weighted by molar-refractivity contribution is -0.0532. The van der Waals surface area contributed by atoms with Crippen LogP contribution in [0.2, 0.25) is 0 Å². The highest BCUT2D eigenvalue weighted by molar-refractivity contribution is 9.10. The summed E-state index contributed by atoms with van der Waals surface area (Å²) in [5.74, 6) is 0. The number of hydrogen-bond acceptors (Lipinski definition) is 10. The number of phosphoric ester groups is 1. The van der Waals surface area contributed by atoms with Crippen LogP contribution >= 0.6 is 39.4 Å². The first-order valence-electron chi connectivity index (χ1n) is 7.28. The fourth-order valence-electron chi connectivity index (χ4n) is 2.19. The number of H-pyrrole nitrogens is 1. The van der Waals surface area contributed by atoms with Gasteiger partial charge >= 0.3 is 29.2 Å². The van der Waals surface area contributed by atoms with Gasteiger partial charge in [-0.2, -0.15) is 8.62 Å². The molecule has 0 amide bonds. The topological polar surface area (TPSA) is 244 Å². The van der Waals surface area contributed by atoms with Crippen LogP contribution in [-0.2, 0) is 31.6 Å². The first-order chi connectivity index (χ1) is 13.5. The summed E-state index contributed by atoms with van der Waals surface area (Å²) >= 11 is 2.82. The van der Waals surface area contributed by atoms with Gasteiger partial charge in [0.2, 0.25) is 0 Å². The zero-order valence-electron chi connectivity index (χ0n) is 14.0. The van der Waals surface area contributed by atoms with Crippen molar-refractivity contribution >= 4 is 39.4 Å². The van der Waals surface area contributed by atoms with Gasteiger partial charge in [-0.15, -0.1) is 0 Å². The van der Waals surface area contributed by atoms with E-state index in [1.165, 1.54) is 0 Å². The summed E-state index contributed by atoms with van der Waals surface area (Å²) in [6.07, 6.45) is -6.93. The van der Waals surface area contributed by atoms with Crippen LogP contribution in [0, 0.1) is 0 Å². The van der Waals surface area contributed by atoms with Gasteiger partial charge in [0.05, 0.1) is 11.1 Å². The van der Waals surface area contributed by atoms with Crippen molar-refractivity contribution in [1.29, 1.82) is 0 Å². The molecule has 1 saturated heterocycles. The predicted molar refractivity (Wildman–Crippen MR) is 93.7 cm³/mol. The number of aromatic nitrogens is 2. The second-order valence-corrected chi connectivity index (χ2v) is 10.8. The molecule has 2 rings (SSSR count). The first-order valence-corrected chi connectivity index (χ1v) is 12.6. The maximum Gasteiger partial charge on any atom is 0.490 e. The Morgan fingerprint density at radius 1 is 1.17 bits per heavy atom. The fraction of sp³-hybridized carbons (Fsp3) is 0.556. The number of ether oxygens (including phenoxy) is 1. The van der Waals surface area contributed by atoms with Crippen molar-refractivity contribution in [2.24, 2.45) is 0 Å². The summed E-state index contributed by atoms with van der Waals surface area (Å²) in [5, 5.41) is 9.93. The summed E-state index contributed by atoms with van der Waals surface area (Å²) in [6, 6.07) is 0. The average molecular weight is 565 g/mol. The number of nitrogens with one attached hydrogen (secondary N) is 1. The lowest BCUT2D eigenvalue weighted by Gasteiger charge is -2.19. The highest BCUT2D eigenvalue weighted by Gasteiger charge is 2.47. The Morgan fingerprint density at radius 3 is 2.33 bits per heavy atom. The Morgan fingerprint density at radius 2 is 1.77 bits per heavy atom. The van der Waals surface area contributed by atoms with Gasteiger partial charge in [-0.1, -0.05) is 0 Å².